The maximum atomic E-state index is 15.1. The van der Waals surface area contributed by atoms with Gasteiger partial charge in [0.05, 0.1) is 38.5 Å². The summed E-state index contributed by atoms with van der Waals surface area (Å²) in [5, 5.41) is 9.97. The predicted octanol–water partition coefficient (Wildman–Crippen LogP) is 6.21. The Morgan fingerprint density at radius 2 is 1.67 bits per heavy atom. The first-order valence-electron chi connectivity index (χ1n) is 18.1. The summed E-state index contributed by atoms with van der Waals surface area (Å²) in [6, 6.07) is 33.4. The Hall–Kier alpha value is -4.99. The molecule has 2 fully saturated rings. The standard InChI is InChI=1S/C43H47N3O6/c1-29-40(42(2,3)32-17-19-34(51-4)20-18-32)37(26-39(49)44(23-24-47)27-30-11-6-5-7-12-30)52-43(29)35-15-8-9-16-36(35)46(41(43)50)28-31-13-10-14-33(25-31)45-22-21-38(45)48/h5-20,25,29,37,40,47H,21-24,26-28H2,1-4H3/t29-,37+,40-,43+/m1/s1. The number of aliphatic hydroxyl groups is 1. The predicted molar refractivity (Wildman–Crippen MR) is 200 cm³/mol. The molecular formula is C43H47N3O6. The van der Waals surface area contributed by atoms with Gasteiger partial charge < -0.3 is 29.3 Å². The Kier molecular flexibility index (Phi) is 9.67. The lowest BCUT2D eigenvalue weighted by atomic mass is 9.63. The third kappa shape index (κ3) is 6.16. The van der Waals surface area contributed by atoms with Crippen molar-refractivity contribution in [3.63, 3.8) is 0 Å². The maximum Gasteiger partial charge on any atom is 0.264 e. The number of ether oxygens (including phenoxy) is 2. The topological polar surface area (TPSA) is 99.6 Å². The number of amides is 3. The smallest absolute Gasteiger partial charge is 0.264 e. The van der Waals surface area contributed by atoms with Gasteiger partial charge in [-0.3, -0.25) is 14.4 Å². The van der Waals surface area contributed by atoms with E-state index < -0.39 is 17.1 Å². The van der Waals surface area contributed by atoms with Crippen LogP contribution in [0.4, 0.5) is 11.4 Å². The SMILES string of the molecule is COc1ccc(C(C)(C)[C@H]2[C@H](CC(=O)N(CCO)Cc3ccccc3)O[C@@]3(C(=O)N(Cc4cccc(N5CCC5=O)c4)c4ccccc43)[C@@H]2C)cc1. The maximum absolute atomic E-state index is 15.1. The number of aliphatic hydroxyl groups excluding tert-OH is 1. The fraction of sp³-hybridized carbons (Fsp3) is 0.372. The van der Waals surface area contributed by atoms with E-state index in [0.717, 1.165) is 39.4 Å². The second kappa shape index (κ2) is 14.2. The molecule has 2 saturated heterocycles. The zero-order valence-corrected chi connectivity index (χ0v) is 30.3. The largest absolute Gasteiger partial charge is 0.497 e. The Balaban J connectivity index is 1.26. The van der Waals surface area contributed by atoms with E-state index >= 15 is 4.79 Å². The van der Waals surface area contributed by atoms with Crippen LogP contribution in [0.2, 0.25) is 0 Å². The zero-order chi connectivity index (χ0) is 36.6. The van der Waals surface area contributed by atoms with Crippen LogP contribution < -0.4 is 14.5 Å². The summed E-state index contributed by atoms with van der Waals surface area (Å²) < 4.78 is 12.6. The average molecular weight is 702 g/mol. The molecule has 52 heavy (non-hydrogen) atoms. The Bertz CT molecular complexity index is 1950. The molecule has 0 aromatic heterocycles. The summed E-state index contributed by atoms with van der Waals surface area (Å²) in [7, 11) is 1.64. The molecule has 1 spiro atoms. The van der Waals surface area contributed by atoms with Gasteiger partial charge in [0.2, 0.25) is 11.8 Å². The van der Waals surface area contributed by atoms with E-state index in [4.69, 9.17) is 9.47 Å². The van der Waals surface area contributed by atoms with E-state index in [1.165, 1.54) is 0 Å². The van der Waals surface area contributed by atoms with Crippen molar-refractivity contribution in [3.05, 3.63) is 125 Å². The fourth-order valence-electron chi connectivity index (χ4n) is 8.74. The van der Waals surface area contributed by atoms with Crippen LogP contribution in [-0.2, 0) is 43.2 Å². The van der Waals surface area contributed by atoms with Crippen molar-refractivity contribution in [1.82, 2.24) is 4.90 Å². The number of hydrogen-bond acceptors (Lipinski definition) is 6. The molecule has 270 valence electrons. The summed E-state index contributed by atoms with van der Waals surface area (Å²) >= 11 is 0. The number of para-hydroxylation sites is 1. The minimum Gasteiger partial charge on any atom is -0.497 e. The molecule has 4 aromatic rings. The van der Waals surface area contributed by atoms with Crippen LogP contribution in [0.25, 0.3) is 0 Å². The van der Waals surface area contributed by atoms with Crippen molar-refractivity contribution in [3.8, 4) is 5.75 Å². The van der Waals surface area contributed by atoms with Crippen LogP contribution in [0.15, 0.2) is 103 Å². The first-order valence-corrected chi connectivity index (χ1v) is 18.1. The van der Waals surface area contributed by atoms with E-state index in [0.29, 0.717) is 26.1 Å². The van der Waals surface area contributed by atoms with Crippen molar-refractivity contribution in [2.75, 3.05) is 36.6 Å². The van der Waals surface area contributed by atoms with Crippen LogP contribution in [0.3, 0.4) is 0 Å². The van der Waals surface area contributed by atoms with Gasteiger partial charge in [-0.2, -0.15) is 0 Å². The third-order valence-electron chi connectivity index (χ3n) is 11.5. The second-order valence-corrected chi connectivity index (χ2v) is 14.8. The summed E-state index contributed by atoms with van der Waals surface area (Å²) in [6.07, 6.45) is -0.0269. The Morgan fingerprint density at radius 1 is 0.962 bits per heavy atom. The van der Waals surface area contributed by atoms with Gasteiger partial charge in [0.15, 0.2) is 5.60 Å². The number of methoxy groups -OCH3 is 1. The lowest BCUT2D eigenvalue weighted by Crippen LogP contribution is -2.46. The van der Waals surface area contributed by atoms with Crippen LogP contribution >= 0.6 is 0 Å². The van der Waals surface area contributed by atoms with Crippen LogP contribution in [0.5, 0.6) is 5.75 Å². The highest BCUT2D eigenvalue weighted by Crippen LogP contribution is 2.60. The minimum absolute atomic E-state index is 0.0462. The first-order chi connectivity index (χ1) is 25.1. The Labute approximate surface area is 305 Å². The van der Waals surface area contributed by atoms with Crippen molar-refractivity contribution in [2.24, 2.45) is 11.8 Å². The van der Waals surface area contributed by atoms with Crippen molar-refractivity contribution in [2.45, 2.75) is 63.8 Å². The number of rotatable bonds is 12. The summed E-state index contributed by atoms with van der Waals surface area (Å²) in [5.41, 5.74) is 3.47. The Morgan fingerprint density at radius 3 is 2.35 bits per heavy atom. The third-order valence-corrected chi connectivity index (χ3v) is 11.5. The van der Waals surface area contributed by atoms with Gasteiger partial charge in [0, 0.05) is 49.1 Å². The highest BCUT2D eigenvalue weighted by molar-refractivity contribution is 6.07. The molecule has 0 radical (unpaired) electrons. The number of carbonyl (C=O) groups is 3. The summed E-state index contributed by atoms with van der Waals surface area (Å²) in [6.45, 7) is 7.79. The average Bonchev–Trinajstić information content (AvgIpc) is 3.57. The lowest BCUT2D eigenvalue weighted by Gasteiger charge is -2.39. The van der Waals surface area contributed by atoms with Gasteiger partial charge >= 0.3 is 0 Å². The quantitative estimate of drug-likeness (QED) is 0.176. The molecule has 0 bridgehead atoms. The molecular weight excluding hydrogens is 654 g/mol. The molecule has 3 heterocycles. The second-order valence-electron chi connectivity index (χ2n) is 14.8. The normalized spacial score (nSPS) is 22.4. The molecule has 4 aromatic carbocycles. The van der Waals surface area contributed by atoms with Gasteiger partial charge in [-0.1, -0.05) is 93.6 Å². The first kappa shape index (κ1) is 35.4. The minimum atomic E-state index is -1.33. The number of benzene rings is 4. The fourth-order valence-corrected chi connectivity index (χ4v) is 8.74. The van der Waals surface area contributed by atoms with E-state index in [2.05, 4.69) is 32.9 Å². The van der Waals surface area contributed by atoms with Crippen LogP contribution in [0.1, 0.15) is 55.9 Å². The molecule has 9 nitrogen and oxygen atoms in total. The summed E-state index contributed by atoms with van der Waals surface area (Å²) in [5.74, 6) is -0.0394. The van der Waals surface area contributed by atoms with E-state index in [1.54, 1.807) is 21.8 Å². The van der Waals surface area contributed by atoms with Crippen LogP contribution in [-0.4, -0.2) is 60.6 Å². The number of carbonyl (C=O) groups excluding carboxylic acids is 3. The van der Waals surface area contributed by atoms with Crippen molar-refractivity contribution < 1.29 is 29.0 Å². The highest BCUT2D eigenvalue weighted by atomic mass is 16.5. The molecule has 3 aliphatic heterocycles. The van der Waals surface area contributed by atoms with Gasteiger partial charge in [-0.15, -0.1) is 0 Å². The molecule has 3 aliphatic rings. The number of nitrogens with zero attached hydrogens (tertiary/aromatic N) is 3. The van der Waals surface area contributed by atoms with Crippen molar-refractivity contribution >= 4 is 29.1 Å². The highest BCUT2D eigenvalue weighted by Gasteiger charge is 2.66. The lowest BCUT2D eigenvalue weighted by molar-refractivity contribution is -0.150. The molecule has 0 unspecified atom stereocenters. The van der Waals surface area contributed by atoms with E-state index in [9.17, 15) is 14.7 Å². The summed E-state index contributed by atoms with van der Waals surface area (Å²) in [4.78, 5) is 46.9. The molecule has 7 rings (SSSR count). The van der Waals surface area contributed by atoms with E-state index in [1.807, 2.05) is 91.0 Å². The molecule has 0 aliphatic carbocycles. The molecule has 1 N–H and O–H groups in total. The number of β-lactam (4-membered cyclic amide) rings is 1. The van der Waals surface area contributed by atoms with E-state index in [-0.39, 0.29) is 49.1 Å². The number of anilines is 2. The number of fused-ring (bicyclic) bond motifs is 2. The molecule has 0 saturated carbocycles. The molecule has 9 heteroatoms. The van der Waals surface area contributed by atoms with Gasteiger partial charge in [-0.05, 0) is 52.4 Å². The monoisotopic (exact) mass is 701 g/mol. The molecule has 4 atom stereocenters. The van der Waals surface area contributed by atoms with Crippen LogP contribution in [0, 0.1) is 11.8 Å². The molecule has 3 amide bonds. The van der Waals surface area contributed by atoms with Gasteiger partial charge in [0.1, 0.15) is 5.75 Å². The number of hydrogen-bond donors (Lipinski definition) is 1. The van der Waals surface area contributed by atoms with Gasteiger partial charge in [-0.25, -0.2) is 0 Å². The van der Waals surface area contributed by atoms with Gasteiger partial charge in [0.25, 0.3) is 5.91 Å². The van der Waals surface area contributed by atoms with Crippen molar-refractivity contribution in [1.29, 1.82) is 0 Å². The zero-order valence-electron chi connectivity index (χ0n) is 30.3.